The maximum absolute atomic E-state index is 13.4. The van der Waals surface area contributed by atoms with Gasteiger partial charge in [-0.2, -0.15) is 5.10 Å². The quantitative estimate of drug-likeness (QED) is 0.450. The van der Waals surface area contributed by atoms with E-state index in [0.29, 0.717) is 11.5 Å². The van der Waals surface area contributed by atoms with Gasteiger partial charge in [-0.05, 0) is 60.0 Å². The van der Waals surface area contributed by atoms with E-state index >= 15 is 0 Å². The molecule has 0 aliphatic rings. The molecule has 0 aliphatic carbocycles. The lowest BCUT2D eigenvalue weighted by Crippen LogP contribution is -2.23. The van der Waals surface area contributed by atoms with Crippen molar-refractivity contribution in [3.63, 3.8) is 0 Å². The second-order valence-electron chi connectivity index (χ2n) is 7.39. The number of nitrogens with one attached hydrogen (secondary N) is 2. The molecule has 32 heavy (non-hydrogen) atoms. The molecule has 0 aliphatic heterocycles. The van der Waals surface area contributed by atoms with Gasteiger partial charge in [0, 0.05) is 23.2 Å². The van der Waals surface area contributed by atoms with Crippen molar-refractivity contribution in [2.24, 2.45) is 0 Å². The van der Waals surface area contributed by atoms with Crippen molar-refractivity contribution in [1.29, 1.82) is 0 Å². The molecule has 0 saturated carbocycles. The summed E-state index contributed by atoms with van der Waals surface area (Å²) in [6.07, 6.45) is 7.45. The van der Waals surface area contributed by atoms with Crippen molar-refractivity contribution >= 4 is 28.8 Å². The molecular formula is C26H20FN5. The van der Waals surface area contributed by atoms with Crippen LogP contribution in [0.25, 0.3) is 51.4 Å². The number of nitrogens with zero attached hydrogens (tertiary/aromatic N) is 3. The average molecular weight is 421 g/mol. The van der Waals surface area contributed by atoms with Gasteiger partial charge in [0.05, 0.1) is 16.4 Å². The largest absolute Gasteiger partial charge is 0.337 e. The molecule has 5 nitrogen and oxygen atoms in total. The van der Waals surface area contributed by atoms with E-state index in [2.05, 4.69) is 26.7 Å². The lowest BCUT2D eigenvalue weighted by atomic mass is 10.0. The number of para-hydroxylation sites is 1. The number of fused-ring (bicyclic) bond motifs is 1. The van der Waals surface area contributed by atoms with Crippen molar-refractivity contribution in [3.05, 3.63) is 95.5 Å². The number of aromatic amines is 2. The zero-order valence-electron chi connectivity index (χ0n) is 17.4. The summed E-state index contributed by atoms with van der Waals surface area (Å²) in [7, 11) is 0. The highest BCUT2D eigenvalue weighted by Crippen LogP contribution is 2.28. The number of benzene rings is 2. The minimum absolute atomic E-state index is 0.266. The first kappa shape index (κ1) is 19.6. The monoisotopic (exact) mass is 421 g/mol. The normalized spacial score (nSPS) is 12.6. The first-order valence-corrected chi connectivity index (χ1v) is 10.2. The van der Waals surface area contributed by atoms with E-state index in [1.807, 2.05) is 49.4 Å². The summed E-state index contributed by atoms with van der Waals surface area (Å²) >= 11 is 0. The van der Waals surface area contributed by atoms with Crippen molar-refractivity contribution in [1.82, 2.24) is 25.1 Å². The Morgan fingerprint density at radius 2 is 1.81 bits per heavy atom. The fraction of sp³-hybridized carbons (Fsp3) is 0.0385. The van der Waals surface area contributed by atoms with E-state index < -0.39 is 0 Å². The first-order chi connectivity index (χ1) is 15.6. The van der Waals surface area contributed by atoms with E-state index in [9.17, 15) is 4.39 Å². The summed E-state index contributed by atoms with van der Waals surface area (Å²) in [5, 5.41) is 9.40. The van der Waals surface area contributed by atoms with E-state index in [1.165, 1.54) is 12.1 Å². The highest BCUT2D eigenvalue weighted by molar-refractivity contribution is 5.94. The minimum atomic E-state index is -0.266. The fourth-order valence-electron chi connectivity index (χ4n) is 3.74. The van der Waals surface area contributed by atoms with Gasteiger partial charge in [0.15, 0.2) is 5.82 Å². The second kappa shape index (κ2) is 8.07. The maximum Gasteiger partial charge on any atom is 0.159 e. The third-order valence-electron chi connectivity index (χ3n) is 5.38. The molecule has 0 saturated heterocycles. The van der Waals surface area contributed by atoms with Crippen LogP contribution in [0.15, 0.2) is 73.6 Å². The Hall–Kier alpha value is -4.32. The SMILES string of the molecule is C=C(/C=c1/c(-c2nc3c(-c4ccc(F)cc4)cccc3[nH]2)n[nH]/c1=C/C)c1ccncc1. The van der Waals surface area contributed by atoms with Crippen LogP contribution in [0.2, 0.25) is 0 Å². The summed E-state index contributed by atoms with van der Waals surface area (Å²) in [6, 6.07) is 16.2. The molecule has 0 fully saturated rings. The predicted molar refractivity (Wildman–Crippen MR) is 126 cm³/mol. The number of hydrogen-bond acceptors (Lipinski definition) is 3. The van der Waals surface area contributed by atoms with Crippen LogP contribution >= 0.6 is 0 Å². The number of pyridine rings is 1. The molecule has 5 rings (SSSR count). The third kappa shape index (κ3) is 3.52. The van der Waals surface area contributed by atoms with Gasteiger partial charge < -0.3 is 4.98 Å². The van der Waals surface area contributed by atoms with E-state index in [1.54, 1.807) is 24.5 Å². The molecule has 3 heterocycles. The first-order valence-electron chi connectivity index (χ1n) is 10.2. The molecule has 6 heteroatoms. The topological polar surface area (TPSA) is 70.2 Å². The molecule has 3 aromatic heterocycles. The molecule has 0 bridgehead atoms. The molecular weight excluding hydrogens is 401 g/mol. The van der Waals surface area contributed by atoms with Crippen molar-refractivity contribution in [3.8, 4) is 22.6 Å². The number of aromatic nitrogens is 5. The molecule has 2 aromatic carbocycles. The molecule has 0 spiro atoms. The standard InChI is InChI=1S/C26H20FN5/c1-3-22-21(15-16(2)17-11-13-28-14-12-17)25(32-31-22)26-29-23-6-4-5-20(24(23)30-26)18-7-9-19(27)10-8-18/h3-15,31H,2H2,1H3,(H,29,30)/b21-15+,22-3+. The lowest BCUT2D eigenvalue weighted by Gasteiger charge is -2.02. The number of allylic oxidation sites excluding steroid dienone is 1. The van der Waals surface area contributed by atoms with Crippen LogP contribution in [-0.4, -0.2) is 25.1 Å². The fourth-order valence-corrected chi connectivity index (χ4v) is 3.74. The van der Waals surface area contributed by atoms with E-state index in [4.69, 9.17) is 4.98 Å². The van der Waals surface area contributed by atoms with Gasteiger partial charge in [0.25, 0.3) is 0 Å². The van der Waals surface area contributed by atoms with Crippen molar-refractivity contribution < 1.29 is 4.39 Å². The number of halogens is 1. The number of rotatable bonds is 4. The highest BCUT2D eigenvalue weighted by Gasteiger charge is 2.14. The zero-order chi connectivity index (χ0) is 22.1. The summed E-state index contributed by atoms with van der Waals surface area (Å²) in [5.41, 5.74) is 6.05. The van der Waals surface area contributed by atoms with Gasteiger partial charge >= 0.3 is 0 Å². The Kier molecular flexibility index (Phi) is 4.95. The average Bonchev–Trinajstić information content (AvgIpc) is 3.43. The third-order valence-corrected chi connectivity index (χ3v) is 5.38. The molecule has 5 aromatic rings. The molecule has 156 valence electrons. The maximum atomic E-state index is 13.4. The highest BCUT2D eigenvalue weighted by atomic mass is 19.1. The van der Waals surface area contributed by atoms with Crippen LogP contribution in [0, 0.1) is 5.82 Å². The molecule has 0 atom stereocenters. The molecule has 0 amide bonds. The predicted octanol–water partition coefficient (Wildman–Crippen LogP) is 4.45. The van der Waals surface area contributed by atoms with Crippen molar-refractivity contribution in [2.75, 3.05) is 0 Å². The Morgan fingerprint density at radius 1 is 1.03 bits per heavy atom. The molecule has 0 radical (unpaired) electrons. The Balaban J connectivity index is 1.67. The van der Waals surface area contributed by atoms with Crippen LogP contribution in [0.4, 0.5) is 4.39 Å². The Labute approximate surface area is 183 Å². The van der Waals surface area contributed by atoms with Gasteiger partial charge in [-0.1, -0.05) is 36.9 Å². The van der Waals surface area contributed by atoms with E-state index in [0.717, 1.165) is 43.9 Å². The minimum Gasteiger partial charge on any atom is -0.337 e. The molecule has 2 N–H and O–H groups in total. The number of imidazole rings is 1. The summed E-state index contributed by atoms with van der Waals surface area (Å²) in [4.78, 5) is 12.3. The smallest absolute Gasteiger partial charge is 0.159 e. The Bertz CT molecular complexity index is 1540. The zero-order valence-corrected chi connectivity index (χ0v) is 17.4. The summed E-state index contributed by atoms with van der Waals surface area (Å²) in [5.74, 6) is 0.380. The van der Waals surface area contributed by atoms with Gasteiger partial charge in [0.1, 0.15) is 11.5 Å². The summed E-state index contributed by atoms with van der Waals surface area (Å²) < 4.78 is 13.4. The van der Waals surface area contributed by atoms with Crippen LogP contribution in [0.5, 0.6) is 0 Å². The van der Waals surface area contributed by atoms with Gasteiger partial charge in [-0.3, -0.25) is 10.1 Å². The second-order valence-corrected chi connectivity index (χ2v) is 7.39. The van der Waals surface area contributed by atoms with Crippen LogP contribution < -0.4 is 10.6 Å². The van der Waals surface area contributed by atoms with Crippen molar-refractivity contribution in [2.45, 2.75) is 6.92 Å². The van der Waals surface area contributed by atoms with Crippen LogP contribution in [0.1, 0.15) is 12.5 Å². The molecule has 0 unspecified atom stereocenters. The number of hydrogen-bond donors (Lipinski definition) is 2. The van der Waals surface area contributed by atoms with Gasteiger partial charge in [0.2, 0.25) is 0 Å². The van der Waals surface area contributed by atoms with Gasteiger partial charge in [-0.25, -0.2) is 9.37 Å². The Morgan fingerprint density at radius 3 is 2.56 bits per heavy atom. The lowest BCUT2D eigenvalue weighted by molar-refractivity contribution is 0.628. The van der Waals surface area contributed by atoms with Gasteiger partial charge in [-0.15, -0.1) is 0 Å². The van der Waals surface area contributed by atoms with Crippen LogP contribution in [0.3, 0.4) is 0 Å². The number of H-pyrrole nitrogens is 2. The van der Waals surface area contributed by atoms with Crippen LogP contribution in [-0.2, 0) is 0 Å². The van der Waals surface area contributed by atoms with E-state index in [-0.39, 0.29) is 5.82 Å². The summed E-state index contributed by atoms with van der Waals surface area (Å²) in [6.45, 7) is 6.17.